The highest BCUT2D eigenvalue weighted by atomic mass is 19.1. The molecule has 8 nitrogen and oxygen atoms in total. The molecular formula is C17H15FN2O6. The lowest BCUT2D eigenvalue weighted by Gasteiger charge is -2.13. The Labute approximate surface area is 147 Å². The lowest BCUT2D eigenvalue weighted by Crippen LogP contribution is -2.30. The zero-order valence-corrected chi connectivity index (χ0v) is 13.6. The van der Waals surface area contributed by atoms with Crippen LogP contribution < -0.4 is 5.32 Å². The summed E-state index contributed by atoms with van der Waals surface area (Å²) in [6.07, 6.45) is -1.19. The zero-order valence-electron chi connectivity index (χ0n) is 13.6. The maximum atomic E-state index is 13.3. The van der Waals surface area contributed by atoms with Crippen LogP contribution in [0, 0.1) is 15.9 Å². The Morgan fingerprint density at radius 2 is 1.92 bits per heavy atom. The van der Waals surface area contributed by atoms with Crippen LogP contribution in [0.25, 0.3) is 0 Å². The average molecular weight is 362 g/mol. The lowest BCUT2D eigenvalue weighted by molar-refractivity contribution is -0.387. The number of aliphatic hydroxyl groups excluding tert-OH is 1. The molecule has 0 bridgehead atoms. The van der Waals surface area contributed by atoms with E-state index in [1.165, 1.54) is 19.1 Å². The van der Waals surface area contributed by atoms with Crippen molar-refractivity contribution >= 4 is 23.3 Å². The van der Waals surface area contributed by atoms with E-state index in [0.29, 0.717) is 5.56 Å². The number of esters is 1. The molecule has 0 aliphatic rings. The summed E-state index contributed by atoms with van der Waals surface area (Å²) >= 11 is 0. The molecule has 26 heavy (non-hydrogen) atoms. The quantitative estimate of drug-likeness (QED) is 0.463. The summed E-state index contributed by atoms with van der Waals surface area (Å²) in [6, 6.07) is 8.85. The third-order valence-electron chi connectivity index (χ3n) is 3.44. The molecule has 2 rings (SSSR count). The maximum absolute atomic E-state index is 13.3. The number of hydrogen-bond acceptors (Lipinski definition) is 6. The topological polar surface area (TPSA) is 119 Å². The van der Waals surface area contributed by atoms with Crippen molar-refractivity contribution in [2.24, 2.45) is 0 Å². The van der Waals surface area contributed by atoms with E-state index in [9.17, 15) is 24.1 Å². The number of rotatable bonds is 6. The molecule has 0 heterocycles. The van der Waals surface area contributed by atoms with Crippen LogP contribution in [-0.4, -0.2) is 28.0 Å². The van der Waals surface area contributed by atoms with Gasteiger partial charge in [-0.05, 0) is 36.8 Å². The van der Waals surface area contributed by atoms with E-state index in [1.807, 2.05) is 0 Å². The monoisotopic (exact) mass is 362 g/mol. The second-order valence-corrected chi connectivity index (χ2v) is 5.32. The molecule has 0 unspecified atom stereocenters. The summed E-state index contributed by atoms with van der Waals surface area (Å²) in [5.74, 6) is -2.51. The molecule has 0 saturated heterocycles. The maximum Gasteiger partial charge on any atom is 0.338 e. The minimum absolute atomic E-state index is 0.00158. The highest BCUT2D eigenvalue weighted by molar-refractivity contribution is 5.97. The molecule has 0 aliphatic heterocycles. The Morgan fingerprint density at radius 3 is 2.50 bits per heavy atom. The van der Waals surface area contributed by atoms with E-state index in [0.717, 1.165) is 18.2 Å². The van der Waals surface area contributed by atoms with E-state index in [4.69, 9.17) is 9.84 Å². The van der Waals surface area contributed by atoms with E-state index in [-0.39, 0.29) is 17.9 Å². The number of nitrogens with one attached hydrogen (secondary N) is 1. The van der Waals surface area contributed by atoms with Crippen LogP contribution in [0.2, 0.25) is 0 Å². The summed E-state index contributed by atoms with van der Waals surface area (Å²) in [6.45, 7) is 1.16. The Balaban J connectivity index is 2.01. The first-order chi connectivity index (χ1) is 12.3. The van der Waals surface area contributed by atoms with Crippen LogP contribution in [0.4, 0.5) is 15.8 Å². The minimum Gasteiger partial charge on any atom is -0.449 e. The van der Waals surface area contributed by atoms with Gasteiger partial charge in [0.25, 0.3) is 5.91 Å². The smallest absolute Gasteiger partial charge is 0.338 e. The molecule has 2 aromatic carbocycles. The summed E-state index contributed by atoms with van der Waals surface area (Å²) in [7, 11) is 0. The van der Waals surface area contributed by atoms with Gasteiger partial charge in [-0.2, -0.15) is 4.39 Å². The van der Waals surface area contributed by atoms with Crippen LogP contribution in [0.3, 0.4) is 0 Å². The van der Waals surface area contributed by atoms with E-state index >= 15 is 0 Å². The number of amides is 1. The Bertz CT molecular complexity index is 838. The standard InChI is InChI=1S/C17H15FN2O6/c1-10(26-17(23)12-4-2-11(9-21)3-5-12)16(22)19-13-6-7-14(18)15(8-13)20(24)25/h2-8,10,21H,9H2,1H3,(H,19,22)/t10-/m1/s1. The van der Waals surface area contributed by atoms with Gasteiger partial charge in [0.1, 0.15) is 0 Å². The van der Waals surface area contributed by atoms with Crippen LogP contribution in [0.1, 0.15) is 22.8 Å². The molecule has 1 atom stereocenters. The summed E-state index contributed by atoms with van der Waals surface area (Å²) in [5, 5.41) is 22.0. The second-order valence-electron chi connectivity index (χ2n) is 5.32. The van der Waals surface area contributed by atoms with Crippen molar-refractivity contribution in [1.82, 2.24) is 0 Å². The lowest BCUT2D eigenvalue weighted by atomic mass is 10.1. The molecular weight excluding hydrogens is 347 g/mol. The predicted molar refractivity (Wildman–Crippen MR) is 88.9 cm³/mol. The van der Waals surface area contributed by atoms with Crippen molar-refractivity contribution in [2.75, 3.05) is 5.32 Å². The van der Waals surface area contributed by atoms with Crippen molar-refractivity contribution in [1.29, 1.82) is 0 Å². The van der Waals surface area contributed by atoms with Crippen molar-refractivity contribution in [3.05, 3.63) is 69.5 Å². The Kier molecular flexibility index (Phi) is 5.97. The number of ether oxygens (including phenoxy) is 1. The number of anilines is 1. The number of hydrogen-bond donors (Lipinski definition) is 2. The van der Waals surface area contributed by atoms with Gasteiger partial charge in [-0.15, -0.1) is 0 Å². The third-order valence-corrected chi connectivity index (χ3v) is 3.44. The van der Waals surface area contributed by atoms with E-state index < -0.39 is 34.4 Å². The largest absolute Gasteiger partial charge is 0.449 e. The molecule has 0 aromatic heterocycles. The van der Waals surface area contributed by atoms with Crippen molar-refractivity contribution in [2.45, 2.75) is 19.6 Å². The van der Waals surface area contributed by atoms with E-state index in [1.54, 1.807) is 12.1 Å². The van der Waals surface area contributed by atoms with Gasteiger partial charge in [0.2, 0.25) is 5.82 Å². The Morgan fingerprint density at radius 1 is 1.27 bits per heavy atom. The highest BCUT2D eigenvalue weighted by Crippen LogP contribution is 2.22. The number of carbonyl (C=O) groups excluding carboxylic acids is 2. The molecule has 0 radical (unpaired) electrons. The van der Waals surface area contributed by atoms with Gasteiger partial charge in [-0.25, -0.2) is 4.79 Å². The molecule has 136 valence electrons. The van der Waals surface area contributed by atoms with Crippen LogP contribution in [0.15, 0.2) is 42.5 Å². The van der Waals surface area contributed by atoms with E-state index in [2.05, 4.69) is 5.32 Å². The van der Waals surface area contributed by atoms with Crippen LogP contribution >= 0.6 is 0 Å². The van der Waals surface area contributed by atoms with Gasteiger partial charge in [0.15, 0.2) is 6.10 Å². The number of benzene rings is 2. The second kappa shape index (κ2) is 8.17. The molecule has 0 fully saturated rings. The fraction of sp³-hybridized carbons (Fsp3) is 0.176. The average Bonchev–Trinajstić information content (AvgIpc) is 2.62. The van der Waals surface area contributed by atoms with Gasteiger partial charge < -0.3 is 15.2 Å². The summed E-state index contributed by atoms with van der Waals surface area (Å²) < 4.78 is 18.3. The van der Waals surface area contributed by atoms with Crippen molar-refractivity contribution in [3.8, 4) is 0 Å². The van der Waals surface area contributed by atoms with Crippen molar-refractivity contribution < 1.29 is 28.7 Å². The number of carbonyl (C=O) groups is 2. The minimum atomic E-state index is -1.19. The van der Waals surface area contributed by atoms with Crippen LogP contribution in [-0.2, 0) is 16.1 Å². The number of nitrogens with zero attached hydrogens (tertiary/aromatic N) is 1. The first-order valence-electron chi connectivity index (χ1n) is 7.47. The molecule has 2 aromatic rings. The molecule has 0 spiro atoms. The molecule has 9 heteroatoms. The zero-order chi connectivity index (χ0) is 19.3. The first-order valence-corrected chi connectivity index (χ1v) is 7.47. The molecule has 1 amide bonds. The number of nitro groups is 1. The van der Waals surface area contributed by atoms with Gasteiger partial charge in [-0.1, -0.05) is 12.1 Å². The third kappa shape index (κ3) is 4.61. The van der Waals surface area contributed by atoms with Gasteiger partial charge in [-0.3, -0.25) is 14.9 Å². The fourth-order valence-corrected chi connectivity index (χ4v) is 2.00. The van der Waals surface area contributed by atoms with Gasteiger partial charge in [0.05, 0.1) is 17.1 Å². The Hall–Kier alpha value is -3.33. The predicted octanol–water partition coefficient (Wildman–Crippen LogP) is 2.41. The first kappa shape index (κ1) is 19.0. The molecule has 0 saturated carbocycles. The van der Waals surface area contributed by atoms with Gasteiger partial charge in [0, 0.05) is 11.8 Å². The summed E-state index contributed by atoms with van der Waals surface area (Å²) in [5.41, 5.74) is 0.0271. The number of halogens is 1. The van der Waals surface area contributed by atoms with Crippen LogP contribution in [0.5, 0.6) is 0 Å². The number of nitro benzene ring substituents is 1. The number of aliphatic hydroxyl groups is 1. The van der Waals surface area contributed by atoms with Crippen molar-refractivity contribution in [3.63, 3.8) is 0 Å². The summed E-state index contributed by atoms with van der Waals surface area (Å²) in [4.78, 5) is 33.9. The molecule has 0 aliphatic carbocycles. The van der Waals surface area contributed by atoms with Gasteiger partial charge >= 0.3 is 11.7 Å². The fourth-order valence-electron chi connectivity index (χ4n) is 2.00. The normalized spacial score (nSPS) is 11.5. The SMILES string of the molecule is C[C@@H](OC(=O)c1ccc(CO)cc1)C(=O)Nc1ccc(F)c([N+](=O)[O-])c1. The molecule has 2 N–H and O–H groups in total. The highest BCUT2D eigenvalue weighted by Gasteiger charge is 2.21.